The van der Waals surface area contributed by atoms with Gasteiger partial charge < -0.3 is 5.73 Å². The van der Waals surface area contributed by atoms with E-state index in [1.807, 2.05) is 25.1 Å². The molecule has 0 spiro atoms. The van der Waals surface area contributed by atoms with Crippen LogP contribution in [-0.2, 0) is 16.4 Å². The normalized spacial score (nSPS) is 12.4. The van der Waals surface area contributed by atoms with E-state index >= 15 is 0 Å². The van der Waals surface area contributed by atoms with Crippen LogP contribution in [0.1, 0.15) is 11.1 Å². The molecule has 0 aromatic heterocycles. The molecule has 24 heavy (non-hydrogen) atoms. The van der Waals surface area contributed by atoms with Crippen LogP contribution >= 0.6 is 35.0 Å². The first-order valence-corrected chi connectivity index (χ1v) is 10.2. The molecule has 0 unspecified atom stereocenters. The molecular formula is C16H16Cl2N2O2S2. The van der Waals surface area contributed by atoms with E-state index in [0.29, 0.717) is 5.75 Å². The highest BCUT2D eigenvalue weighted by molar-refractivity contribution is 8.14. The largest absolute Gasteiger partial charge is 0.378 e. The van der Waals surface area contributed by atoms with Crippen molar-refractivity contribution < 1.29 is 8.42 Å². The van der Waals surface area contributed by atoms with Crippen molar-refractivity contribution in [1.82, 2.24) is 0 Å². The number of halogens is 2. The molecule has 0 fully saturated rings. The molecule has 0 bridgehead atoms. The summed E-state index contributed by atoms with van der Waals surface area (Å²) in [7, 11) is -3.90. The molecule has 0 aliphatic rings. The summed E-state index contributed by atoms with van der Waals surface area (Å²) in [5, 5.41) is 0.424. The quantitative estimate of drug-likeness (QED) is 0.598. The van der Waals surface area contributed by atoms with Crippen LogP contribution in [0.3, 0.4) is 0 Å². The van der Waals surface area contributed by atoms with Crippen molar-refractivity contribution >= 4 is 50.2 Å². The summed E-state index contributed by atoms with van der Waals surface area (Å²) in [6.45, 7) is 2.02. The number of nitrogens with zero attached hydrogens (tertiary/aromatic N) is 1. The highest BCUT2D eigenvalue weighted by Gasteiger charge is 2.15. The monoisotopic (exact) mass is 402 g/mol. The van der Waals surface area contributed by atoms with Gasteiger partial charge in [0.1, 0.15) is 0 Å². The number of thioether (sulfide) groups is 1. The molecule has 2 aromatic rings. The van der Waals surface area contributed by atoms with Gasteiger partial charge in [0.25, 0.3) is 10.0 Å². The maximum absolute atomic E-state index is 12.2. The Kier molecular flexibility index (Phi) is 6.57. The molecule has 8 heteroatoms. The minimum Gasteiger partial charge on any atom is -0.378 e. The smallest absolute Gasteiger partial charge is 0.284 e. The number of amidine groups is 1. The maximum Gasteiger partial charge on any atom is 0.284 e. The second kappa shape index (κ2) is 8.25. The Balaban J connectivity index is 2.02. The molecule has 2 rings (SSSR count). The van der Waals surface area contributed by atoms with Gasteiger partial charge in [0, 0.05) is 5.75 Å². The lowest BCUT2D eigenvalue weighted by atomic mass is 10.1. The van der Waals surface area contributed by atoms with E-state index in [1.165, 1.54) is 41.1 Å². The fourth-order valence-electron chi connectivity index (χ4n) is 1.98. The third-order valence-corrected chi connectivity index (χ3v) is 6.06. The van der Waals surface area contributed by atoms with Gasteiger partial charge in [-0.25, -0.2) is 0 Å². The van der Waals surface area contributed by atoms with Crippen LogP contribution in [0.2, 0.25) is 10.0 Å². The predicted octanol–water partition coefficient (Wildman–Crippen LogP) is 4.28. The molecule has 4 nitrogen and oxygen atoms in total. The van der Waals surface area contributed by atoms with E-state index in [1.54, 1.807) is 0 Å². The van der Waals surface area contributed by atoms with Crippen LogP contribution in [0.4, 0.5) is 0 Å². The second-order valence-corrected chi connectivity index (χ2v) is 8.60. The third-order valence-electron chi connectivity index (χ3n) is 3.12. The Morgan fingerprint density at radius 2 is 1.92 bits per heavy atom. The van der Waals surface area contributed by atoms with E-state index in [2.05, 4.69) is 10.5 Å². The van der Waals surface area contributed by atoms with Crippen molar-refractivity contribution in [2.45, 2.75) is 18.2 Å². The number of aryl methyl sites for hydroxylation is 2. The van der Waals surface area contributed by atoms with Crippen LogP contribution < -0.4 is 5.73 Å². The van der Waals surface area contributed by atoms with E-state index in [4.69, 9.17) is 28.9 Å². The highest BCUT2D eigenvalue weighted by Crippen LogP contribution is 2.26. The van der Waals surface area contributed by atoms with Crippen LogP contribution in [0, 0.1) is 6.92 Å². The Morgan fingerprint density at radius 1 is 1.17 bits per heavy atom. The lowest BCUT2D eigenvalue weighted by molar-refractivity contribution is 0.598. The van der Waals surface area contributed by atoms with Crippen molar-refractivity contribution in [2.75, 3.05) is 5.75 Å². The topological polar surface area (TPSA) is 72.5 Å². The number of rotatable bonds is 5. The average Bonchev–Trinajstić information content (AvgIpc) is 2.49. The molecule has 0 amide bonds. The fourth-order valence-corrected chi connectivity index (χ4v) is 4.24. The van der Waals surface area contributed by atoms with Gasteiger partial charge in [-0.15, -0.1) is 4.40 Å². The van der Waals surface area contributed by atoms with Gasteiger partial charge in [-0.1, -0.05) is 64.8 Å². The number of benzene rings is 2. The molecule has 0 aliphatic heterocycles. The zero-order valence-corrected chi connectivity index (χ0v) is 16.0. The molecule has 128 valence electrons. The minimum absolute atomic E-state index is 0.00581. The lowest BCUT2D eigenvalue weighted by Gasteiger charge is -2.04. The summed E-state index contributed by atoms with van der Waals surface area (Å²) >= 11 is 12.8. The van der Waals surface area contributed by atoms with Gasteiger partial charge in [0.15, 0.2) is 5.17 Å². The average molecular weight is 403 g/mol. The first-order chi connectivity index (χ1) is 11.3. The van der Waals surface area contributed by atoms with Gasteiger partial charge in [-0.3, -0.25) is 0 Å². The molecule has 0 saturated heterocycles. The van der Waals surface area contributed by atoms with Crippen molar-refractivity contribution in [3.05, 3.63) is 63.6 Å². The van der Waals surface area contributed by atoms with Crippen molar-refractivity contribution in [3.8, 4) is 0 Å². The molecule has 0 heterocycles. The summed E-state index contributed by atoms with van der Waals surface area (Å²) in [5.74, 6) is 0.635. The molecule has 0 atom stereocenters. The van der Waals surface area contributed by atoms with Gasteiger partial charge in [0.2, 0.25) is 0 Å². The summed E-state index contributed by atoms with van der Waals surface area (Å²) in [4.78, 5) is -0.0425. The van der Waals surface area contributed by atoms with Gasteiger partial charge in [-0.05, 0) is 37.1 Å². The second-order valence-electron chi connectivity index (χ2n) is 5.07. The number of hydrogen-bond acceptors (Lipinski definition) is 3. The zero-order valence-electron chi connectivity index (χ0n) is 12.9. The Bertz CT molecular complexity index is 868. The van der Waals surface area contributed by atoms with E-state index in [9.17, 15) is 8.42 Å². The molecular weight excluding hydrogens is 387 g/mol. The number of nitrogens with two attached hydrogens (primary N) is 1. The molecule has 0 saturated carbocycles. The van der Waals surface area contributed by atoms with Gasteiger partial charge in [0.05, 0.1) is 14.9 Å². The third kappa shape index (κ3) is 5.41. The number of sulfonamides is 1. The van der Waals surface area contributed by atoms with Crippen LogP contribution in [0.25, 0.3) is 0 Å². The van der Waals surface area contributed by atoms with Crippen molar-refractivity contribution in [1.29, 1.82) is 0 Å². The van der Waals surface area contributed by atoms with Crippen molar-refractivity contribution in [3.63, 3.8) is 0 Å². The predicted molar refractivity (Wildman–Crippen MR) is 103 cm³/mol. The van der Waals surface area contributed by atoms with Crippen LogP contribution in [-0.4, -0.2) is 19.3 Å². The summed E-state index contributed by atoms with van der Waals surface area (Å²) in [5.41, 5.74) is 8.08. The van der Waals surface area contributed by atoms with Gasteiger partial charge >= 0.3 is 0 Å². The minimum atomic E-state index is -3.90. The van der Waals surface area contributed by atoms with Crippen LogP contribution in [0.15, 0.2) is 51.8 Å². The molecule has 2 aromatic carbocycles. The summed E-state index contributed by atoms with van der Waals surface area (Å²) < 4.78 is 28.0. The summed E-state index contributed by atoms with van der Waals surface area (Å²) in [6.07, 6.45) is 0.773. The van der Waals surface area contributed by atoms with Crippen molar-refractivity contribution in [2.24, 2.45) is 10.1 Å². The lowest BCUT2D eigenvalue weighted by Crippen LogP contribution is -2.12. The first kappa shape index (κ1) is 19.1. The van der Waals surface area contributed by atoms with Crippen LogP contribution in [0.5, 0.6) is 0 Å². The molecule has 0 radical (unpaired) electrons. The maximum atomic E-state index is 12.2. The SMILES string of the molecule is Cc1cccc(CCSC(N)=NS(=O)(=O)c2ccc(Cl)c(Cl)c2)c1. The van der Waals surface area contributed by atoms with E-state index in [0.717, 1.165) is 6.42 Å². The Hall–Kier alpha value is -1.21. The standard InChI is InChI=1S/C16H16Cl2N2O2S2/c1-11-3-2-4-12(9-11)7-8-23-16(19)20-24(21,22)13-5-6-14(17)15(18)10-13/h2-6,9-10H,7-8H2,1H3,(H2,19,20). The fraction of sp³-hybridized carbons (Fsp3) is 0.188. The highest BCUT2D eigenvalue weighted by atomic mass is 35.5. The Morgan fingerprint density at radius 3 is 2.58 bits per heavy atom. The molecule has 0 aliphatic carbocycles. The molecule has 2 N–H and O–H groups in total. The van der Waals surface area contributed by atoms with Gasteiger partial charge in [-0.2, -0.15) is 8.42 Å². The zero-order chi connectivity index (χ0) is 17.7. The number of hydrogen-bond donors (Lipinski definition) is 1. The first-order valence-electron chi connectivity index (χ1n) is 7.02. The van der Waals surface area contributed by atoms with E-state index < -0.39 is 10.0 Å². The van der Waals surface area contributed by atoms with E-state index in [-0.39, 0.29) is 20.1 Å². The Labute approximate surface area is 156 Å². The summed E-state index contributed by atoms with van der Waals surface area (Å²) in [6, 6.07) is 12.1.